The van der Waals surface area contributed by atoms with Crippen LogP contribution in [0.25, 0.3) is 0 Å². The van der Waals surface area contributed by atoms with Crippen molar-refractivity contribution in [2.24, 2.45) is 28.7 Å². The SMILES string of the molecule is Cc1ccc2c(c1)SNC(C1=C(O)C3C4C=CC(C4)C3N(CCC(C)C)C1=O)=N2. The smallest absolute Gasteiger partial charge is 0.261 e. The van der Waals surface area contributed by atoms with Crippen LogP contribution in [-0.2, 0) is 4.79 Å². The molecule has 2 aliphatic carbocycles. The van der Waals surface area contributed by atoms with Crippen LogP contribution in [0.3, 0.4) is 0 Å². The lowest BCUT2D eigenvalue weighted by molar-refractivity contribution is -0.132. The summed E-state index contributed by atoms with van der Waals surface area (Å²) in [7, 11) is 0. The zero-order valence-electron chi connectivity index (χ0n) is 17.1. The zero-order valence-corrected chi connectivity index (χ0v) is 17.9. The highest BCUT2D eigenvalue weighted by atomic mass is 32.2. The van der Waals surface area contributed by atoms with E-state index in [2.05, 4.69) is 43.7 Å². The third kappa shape index (κ3) is 3.00. The van der Waals surface area contributed by atoms with Gasteiger partial charge in [0.15, 0.2) is 5.84 Å². The lowest BCUT2D eigenvalue weighted by Gasteiger charge is -2.43. The number of benzene rings is 1. The van der Waals surface area contributed by atoms with Crippen LogP contribution in [0.5, 0.6) is 0 Å². The van der Waals surface area contributed by atoms with Gasteiger partial charge < -0.3 is 14.7 Å². The summed E-state index contributed by atoms with van der Waals surface area (Å²) in [6.45, 7) is 7.14. The maximum Gasteiger partial charge on any atom is 0.261 e. The minimum atomic E-state index is -0.0900. The molecule has 2 heterocycles. The van der Waals surface area contributed by atoms with E-state index in [4.69, 9.17) is 4.99 Å². The first kappa shape index (κ1) is 18.8. The van der Waals surface area contributed by atoms with Gasteiger partial charge in [0.25, 0.3) is 5.91 Å². The van der Waals surface area contributed by atoms with Crippen LogP contribution < -0.4 is 4.72 Å². The molecule has 4 atom stereocenters. The molecular formula is C23H27N3O2S. The Morgan fingerprint density at radius 2 is 2.10 bits per heavy atom. The number of nitrogens with zero attached hydrogens (tertiary/aromatic N) is 2. The predicted octanol–water partition coefficient (Wildman–Crippen LogP) is 4.53. The number of hydrogen-bond donors (Lipinski definition) is 2. The largest absolute Gasteiger partial charge is 0.511 e. The lowest BCUT2D eigenvalue weighted by Crippen LogP contribution is -2.54. The summed E-state index contributed by atoms with van der Waals surface area (Å²) >= 11 is 1.46. The first-order valence-electron chi connectivity index (χ1n) is 10.5. The molecule has 1 saturated carbocycles. The summed E-state index contributed by atoms with van der Waals surface area (Å²) in [5.41, 5.74) is 2.37. The third-order valence-electron chi connectivity index (χ3n) is 6.61. The number of carbonyl (C=O) groups excluding carboxylic acids is 1. The van der Waals surface area contributed by atoms with Gasteiger partial charge in [0.05, 0.1) is 10.6 Å². The second kappa shape index (κ2) is 6.94. The number of rotatable bonds is 4. The molecule has 2 aliphatic heterocycles. The number of aryl methyl sites for hydroxylation is 1. The Balaban J connectivity index is 1.56. The minimum absolute atomic E-state index is 0.0150. The van der Waals surface area contributed by atoms with Crippen molar-refractivity contribution in [3.63, 3.8) is 0 Å². The van der Waals surface area contributed by atoms with E-state index in [1.165, 1.54) is 17.5 Å². The predicted molar refractivity (Wildman–Crippen MR) is 116 cm³/mol. The van der Waals surface area contributed by atoms with Gasteiger partial charge >= 0.3 is 0 Å². The van der Waals surface area contributed by atoms with Gasteiger partial charge in [-0.1, -0.05) is 32.1 Å². The van der Waals surface area contributed by atoms with Crippen molar-refractivity contribution in [3.05, 3.63) is 47.2 Å². The Kier molecular flexibility index (Phi) is 4.50. The van der Waals surface area contributed by atoms with Crippen molar-refractivity contribution in [1.29, 1.82) is 0 Å². The Bertz CT molecular complexity index is 965. The topological polar surface area (TPSA) is 64.9 Å². The molecule has 0 radical (unpaired) electrons. The summed E-state index contributed by atoms with van der Waals surface area (Å²) in [4.78, 5) is 21.4. The van der Waals surface area contributed by atoms with Gasteiger partial charge in [0.1, 0.15) is 11.3 Å². The maximum absolute atomic E-state index is 13.6. The number of carbonyl (C=O) groups is 1. The number of nitrogens with one attached hydrogen (secondary N) is 1. The lowest BCUT2D eigenvalue weighted by atomic mass is 9.80. The quantitative estimate of drug-likeness (QED) is 0.567. The standard InChI is InChI=1S/C23H27N3O2S/c1-12(2)8-9-26-20-15-6-5-14(11-15)18(20)21(27)19(23(26)28)22-24-16-7-4-13(3)10-17(16)29-25-22/h4-7,10,12,14-15,18,20,27H,8-9,11H2,1-3H3,(H,24,25). The molecular weight excluding hydrogens is 382 g/mol. The number of aliphatic hydroxyl groups excluding tert-OH is 1. The Morgan fingerprint density at radius 3 is 2.90 bits per heavy atom. The molecule has 0 spiro atoms. The fraction of sp³-hybridized carbons (Fsp3) is 0.478. The van der Waals surface area contributed by atoms with E-state index in [1.54, 1.807) is 0 Å². The average Bonchev–Trinajstić information content (AvgIpc) is 3.30. The Morgan fingerprint density at radius 1 is 1.31 bits per heavy atom. The van der Waals surface area contributed by atoms with Crippen LogP contribution in [0.1, 0.15) is 32.3 Å². The number of allylic oxidation sites excluding steroid dienone is 1. The molecule has 1 aromatic carbocycles. The summed E-state index contributed by atoms with van der Waals surface area (Å²) in [5, 5.41) is 11.2. The number of aliphatic imine (C=N–C) groups is 1. The fourth-order valence-corrected chi connectivity index (χ4v) is 5.98. The van der Waals surface area contributed by atoms with Gasteiger partial charge in [-0.05, 0) is 67.2 Å². The van der Waals surface area contributed by atoms with Gasteiger partial charge in [-0.25, -0.2) is 4.99 Å². The number of amides is 1. The van der Waals surface area contributed by atoms with Gasteiger partial charge in [-0.15, -0.1) is 0 Å². The highest BCUT2D eigenvalue weighted by Crippen LogP contribution is 2.52. The monoisotopic (exact) mass is 409 g/mol. The summed E-state index contributed by atoms with van der Waals surface area (Å²) in [6.07, 6.45) is 6.44. The fourth-order valence-electron chi connectivity index (χ4n) is 5.16. The molecule has 4 aliphatic rings. The van der Waals surface area contributed by atoms with E-state index in [0.29, 0.717) is 29.2 Å². The first-order chi connectivity index (χ1) is 13.9. The van der Waals surface area contributed by atoms with Crippen molar-refractivity contribution in [3.8, 4) is 0 Å². The average molecular weight is 410 g/mol. The number of aliphatic hydroxyl groups is 1. The Hall–Kier alpha value is -2.21. The third-order valence-corrected chi connectivity index (χ3v) is 7.46. The molecule has 29 heavy (non-hydrogen) atoms. The van der Waals surface area contributed by atoms with Gasteiger partial charge in [0.2, 0.25) is 0 Å². The van der Waals surface area contributed by atoms with Crippen molar-refractivity contribution >= 4 is 29.4 Å². The number of fused-ring (bicyclic) bond motifs is 6. The summed E-state index contributed by atoms with van der Waals surface area (Å²) < 4.78 is 3.23. The normalized spacial score (nSPS) is 29.9. The Labute approximate surface area is 176 Å². The second-order valence-corrected chi connectivity index (χ2v) is 9.89. The zero-order chi connectivity index (χ0) is 20.3. The molecule has 0 saturated heterocycles. The number of amidine groups is 1. The molecule has 2 bridgehead atoms. The molecule has 5 nitrogen and oxygen atoms in total. The molecule has 1 amide bonds. The van der Waals surface area contributed by atoms with Crippen LogP contribution in [0.2, 0.25) is 0 Å². The number of hydrogen-bond acceptors (Lipinski definition) is 5. The van der Waals surface area contributed by atoms with E-state index in [0.717, 1.165) is 30.0 Å². The van der Waals surface area contributed by atoms with E-state index >= 15 is 0 Å². The molecule has 4 unspecified atom stereocenters. The summed E-state index contributed by atoms with van der Waals surface area (Å²) in [5.74, 6) is 1.78. The van der Waals surface area contributed by atoms with Crippen LogP contribution >= 0.6 is 11.9 Å². The molecule has 1 fully saturated rings. The van der Waals surface area contributed by atoms with Gasteiger partial charge in [-0.2, -0.15) is 0 Å². The van der Waals surface area contributed by atoms with Crippen molar-refractivity contribution in [2.45, 2.75) is 44.6 Å². The maximum atomic E-state index is 13.6. The second-order valence-electron chi connectivity index (χ2n) is 9.04. The highest BCUT2D eigenvalue weighted by Gasteiger charge is 2.55. The van der Waals surface area contributed by atoms with Gasteiger partial charge in [-0.3, -0.25) is 4.79 Å². The summed E-state index contributed by atoms with van der Waals surface area (Å²) in [6, 6.07) is 6.15. The van der Waals surface area contributed by atoms with Crippen molar-refractivity contribution in [1.82, 2.24) is 9.62 Å². The molecule has 5 rings (SSSR count). The first-order valence-corrected chi connectivity index (χ1v) is 11.3. The molecule has 152 valence electrons. The van der Waals surface area contributed by atoms with Crippen molar-refractivity contribution < 1.29 is 9.90 Å². The van der Waals surface area contributed by atoms with Crippen LogP contribution in [-0.4, -0.2) is 34.3 Å². The van der Waals surface area contributed by atoms with E-state index < -0.39 is 0 Å². The van der Waals surface area contributed by atoms with Gasteiger partial charge in [0, 0.05) is 18.5 Å². The van der Waals surface area contributed by atoms with E-state index in [-0.39, 0.29) is 23.6 Å². The van der Waals surface area contributed by atoms with E-state index in [9.17, 15) is 9.90 Å². The minimum Gasteiger partial charge on any atom is -0.511 e. The van der Waals surface area contributed by atoms with Crippen LogP contribution in [0.15, 0.2) is 51.6 Å². The van der Waals surface area contributed by atoms with E-state index in [1.807, 2.05) is 17.0 Å². The van der Waals surface area contributed by atoms with Crippen LogP contribution in [0, 0.1) is 30.6 Å². The highest BCUT2D eigenvalue weighted by molar-refractivity contribution is 7.98. The van der Waals surface area contributed by atoms with Crippen molar-refractivity contribution in [2.75, 3.05) is 6.54 Å². The molecule has 6 heteroatoms. The molecule has 1 aromatic rings. The van der Waals surface area contributed by atoms with Crippen LogP contribution in [0.4, 0.5) is 5.69 Å². The molecule has 0 aromatic heterocycles. The molecule has 2 N–H and O–H groups in total.